The minimum Gasteiger partial charge on any atom is -0.465 e. The van der Waals surface area contributed by atoms with Crippen LogP contribution in [0.25, 0.3) is 0 Å². The summed E-state index contributed by atoms with van der Waals surface area (Å²) >= 11 is 0. The number of ether oxygens (including phenoxy) is 1. The molecular weight excluding hydrogens is 268 g/mol. The van der Waals surface area contributed by atoms with Crippen LogP contribution in [0, 0.1) is 11.3 Å². The van der Waals surface area contributed by atoms with Gasteiger partial charge in [-0.3, -0.25) is 0 Å². The number of aromatic nitrogens is 3. The van der Waals surface area contributed by atoms with E-state index in [4.69, 9.17) is 4.74 Å². The van der Waals surface area contributed by atoms with Gasteiger partial charge in [-0.05, 0) is 36.1 Å². The maximum atomic E-state index is 11.8. The lowest BCUT2D eigenvalue weighted by molar-refractivity contribution is 0.0600. The van der Waals surface area contributed by atoms with E-state index in [0.717, 1.165) is 24.0 Å². The monoisotopic (exact) mass is 282 g/mol. The molecule has 0 bridgehead atoms. The van der Waals surface area contributed by atoms with Crippen molar-refractivity contribution >= 4 is 5.97 Å². The van der Waals surface area contributed by atoms with Crippen molar-refractivity contribution in [2.45, 2.75) is 24.8 Å². The van der Waals surface area contributed by atoms with Crippen molar-refractivity contribution in [3.8, 4) is 6.07 Å². The van der Waals surface area contributed by atoms with Crippen molar-refractivity contribution in [2.24, 2.45) is 0 Å². The first-order valence-corrected chi connectivity index (χ1v) is 6.63. The summed E-state index contributed by atoms with van der Waals surface area (Å²) in [5, 5.41) is 13.4. The van der Waals surface area contributed by atoms with Gasteiger partial charge in [-0.15, -0.1) is 0 Å². The molecular formula is C15H14N4O2. The summed E-state index contributed by atoms with van der Waals surface area (Å²) < 4.78 is 6.46. The second-order valence-corrected chi connectivity index (χ2v) is 5.20. The molecule has 6 nitrogen and oxygen atoms in total. The molecule has 1 fully saturated rings. The Labute approximate surface area is 122 Å². The summed E-state index contributed by atoms with van der Waals surface area (Å²) in [6.07, 6.45) is 4.73. The van der Waals surface area contributed by atoms with E-state index in [0.29, 0.717) is 12.1 Å². The van der Waals surface area contributed by atoms with E-state index in [1.807, 2.05) is 6.07 Å². The second kappa shape index (κ2) is 5.02. The molecule has 3 rings (SSSR count). The molecule has 1 saturated carbocycles. The summed E-state index contributed by atoms with van der Waals surface area (Å²) in [7, 11) is 1.35. The highest BCUT2D eigenvalue weighted by Crippen LogP contribution is 2.48. The van der Waals surface area contributed by atoms with E-state index in [1.54, 1.807) is 23.1 Å². The Morgan fingerprint density at radius 3 is 2.86 bits per heavy atom. The number of nitriles is 1. The zero-order chi connectivity index (χ0) is 14.9. The molecule has 0 spiro atoms. The first kappa shape index (κ1) is 13.3. The van der Waals surface area contributed by atoms with Gasteiger partial charge in [0, 0.05) is 0 Å². The van der Waals surface area contributed by atoms with E-state index in [9.17, 15) is 10.1 Å². The van der Waals surface area contributed by atoms with Crippen LogP contribution in [0.1, 0.15) is 34.3 Å². The van der Waals surface area contributed by atoms with E-state index in [-0.39, 0.29) is 0 Å². The van der Waals surface area contributed by atoms with E-state index in [2.05, 4.69) is 16.2 Å². The maximum Gasteiger partial charge on any atom is 0.337 e. The highest BCUT2D eigenvalue weighted by atomic mass is 16.5. The molecule has 106 valence electrons. The van der Waals surface area contributed by atoms with E-state index < -0.39 is 11.4 Å². The van der Waals surface area contributed by atoms with E-state index in [1.165, 1.54) is 13.4 Å². The molecule has 6 heteroatoms. The number of hydrogen-bond acceptors (Lipinski definition) is 5. The van der Waals surface area contributed by atoms with Gasteiger partial charge in [0.25, 0.3) is 0 Å². The number of rotatable bonds is 4. The van der Waals surface area contributed by atoms with Crippen LogP contribution in [0.15, 0.2) is 30.9 Å². The topological polar surface area (TPSA) is 80.8 Å². The van der Waals surface area contributed by atoms with Gasteiger partial charge in [0.05, 0.1) is 30.7 Å². The number of hydrogen-bond donors (Lipinski definition) is 0. The number of carbonyl (C=O) groups is 1. The summed E-state index contributed by atoms with van der Waals surface area (Å²) in [6.45, 7) is 0.499. The quantitative estimate of drug-likeness (QED) is 0.797. The molecule has 1 aromatic carbocycles. The van der Waals surface area contributed by atoms with Crippen molar-refractivity contribution in [1.82, 2.24) is 14.8 Å². The predicted molar refractivity (Wildman–Crippen MR) is 73.4 cm³/mol. The lowest BCUT2D eigenvalue weighted by atomic mass is 9.93. The number of methoxy groups -OCH3 is 1. The second-order valence-electron chi connectivity index (χ2n) is 5.20. The molecule has 0 aliphatic heterocycles. The average molecular weight is 282 g/mol. The molecule has 0 amide bonds. The highest BCUT2D eigenvalue weighted by Gasteiger charge is 2.45. The number of benzene rings is 1. The van der Waals surface area contributed by atoms with Gasteiger partial charge in [-0.1, -0.05) is 6.07 Å². The Morgan fingerprint density at radius 2 is 2.29 bits per heavy atom. The molecule has 0 atom stereocenters. The molecule has 0 unspecified atom stereocenters. The molecule has 2 aromatic rings. The van der Waals surface area contributed by atoms with Crippen molar-refractivity contribution in [1.29, 1.82) is 5.26 Å². The van der Waals surface area contributed by atoms with Crippen LogP contribution in [0.2, 0.25) is 0 Å². The van der Waals surface area contributed by atoms with Crippen molar-refractivity contribution < 1.29 is 9.53 Å². The zero-order valence-corrected chi connectivity index (χ0v) is 11.6. The fraction of sp³-hybridized carbons (Fsp3) is 0.333. The van der Waals surface area contributed by atoms with Crippen LogP contribution < -0.4 is 0 Å². The molecule has 0 N–H and O–H groups in total. The Balaban J connectivity index is 2.01. The minimum atomic E-state index is -0.443. The van der Waals surface area contributed by atoms with Crippen molar-refractivity contribution in [2.75, 3.05) is 7.11 Å². The van der Waals surface area contributed by atoms with Gasteiger partial charge in [0.2, 0.25) is 0 Å². The fourth-order valence-corrected chi connectivity index (χ4v) is 2.39. The Morgan fingerprint density at radius 1 is 1.48 bits per heavy atom. The van der Waals surface area contributed by atoms with Gasteiger partial charge in [0.1, 0.15) is 12.7 Å². The van der Waals surface area contributed by atoms with Crippen LogP contribution >= 0.6 is 0 Å². The van der Waals surface area contributed by atoms with Gasteiger partial charge >= 0.3 is 5.97 Å². The lowest BCUT2D eigenvalue weighted by Gasteiger charge is -2.12. The molecule has 1 aliphatic carbocycles. The zero-order valence-electron chi connectivity index (χ0n) is 11.6. The molecule has 0 radical (unpaired) electrons. The molecule has 21 heavy (non-hydrogen) atoms. The Kier molecular flexibility index (Phi) is 3.18. The summed E-state index contributed by atoms with van der Waals surface area (Å²) in [5.41, 5.74) is 1.80. The first-order chi connectivity index (χ1) is 10.2. The normalized spacial score (nSPS) is 15.2. The molecule has 1 aromatic heterocycles. The smallest absolute Gasteiger partial charge is 0.337 e. The number of nitrogens with zero attached hydrogens (tertiary/aromatic N) is 4. The average Bonchev–Trinajstić information content (AvgIpc) is 3.16. The summed E-state index contributed by atoms with van der Waals surface area (Å²) in [5.74, 6) is -0.398. The van der Waals surface area contributed by atoms with Gasteiger partial charge in [0.15, 0.2) is 0 Å². The summed E-state index contributed by atoms with van der Waals surface area (Å²) in [4.78, 5) is 15.7. The predicted octanol–water partition coefficient (Wildman–Crippen LogP) is 1.67. The lowest BCUT2D eigenvalue weighted by Crippen LogP contribution is -2.10. The highest BCUT2D eigenvalue weighted by molar-refractivity contribution is 5.90. The van der Waals surface area contributed by atoms with Gasteiger partial charge in [-0.25, -0.2) is 14.5 Å². The third-order valence-corrected chi connectivity index (χ3v) is 3.74. The van der Waals surface area contributed by atoms with Crippen LogP contribution in [-0.4, -0.2) is 27.8 Å². The SMILES string of the molecule is COC(=O)c1cc(Cn2cncn2)cc(C2(C#N)CC2)c1. The van der Waals surface area contributed by atoms with Crippen LogP contribution in [0.5, 0.6) is 0 Å². The first-order valence-electron chi connectivity index (χ1n) is 6.63. The van der Waals surface area contributed by atoms with Crippen molar-refractivity contribution in [3.05, 3.63) is 47.5 Å². The Bertz CT molecular complexity index is 712. The number of esters is 1. The van der Waals surface area contributed by atoms with E-state index >= 15 is 0 Å². The third-order valence-electron chi connectivity index (χ3n) is 3.74. The van der Waals surface area contributed by atoms with Crippen molar-refractivity contribution in [3.63, 3.8) is 0 Å². The molecule has 0 saturated heterocycles. The molecule has 1 heterocycles. The van der Waals surface area contributed by atoms with Gasteiger partial charge < -0.3 is 4.74 Å². The molecule has 1 aliphatic rings. The Hall–Kier alpha value is -2.68. The number of carbonyl (C=O) groups excluding carboxylic acids is 1. The summed E-state index contributed by atoms with van der Waals surface area (Å²) in [6, 6.07) is 7.84. The fourth-order valence-electron chi connectivity index (χ4n) is 2.39. The van der Waals surface area contributed by atoms with Crippen LogP contribution in [0.3, 0.4) is 0 Å². The van der Waals surface area contributed by atoms with Crippen LogP contribution in [0.4, 0.5) is 0 Å². The van der Waals surface area contributed by atoms with Gasteiger partial charge in [-0.2, -0.15) is 10.4 Å². The minimum absolute atomic E-state index is 0.398. The largest absolute Gasteiger partial charge is 0.465 e. The van der Waals surface area contributed by atoms with Crippen LogP contribution in [-0.2, 0) is 16.7 Å². The third kappa shape index (κ3) is 2.50. The standard InChI is InChI=1S/C15H14N4O2/c1-21-14(20)12-4-11(7-19-10-17-9-18-19)5-13(6-12)15(8-16)2-3-15/h4-6,9-10H,2-3,7H2,1H3. The maximum absolute atomic E-state index is 11.8.